The SMILES string of the molecule is O=C(O)C1CNCC1c1ccc(Br)c(F)c1. The quantitative estimate of drug-likeness (QED) is 0.875. The zero-order valence-corrected chi connectivity index (χ0v) is 10.00. The third kappa shape index (κ3) is 2.10. The summed E-state index contributed by atoms with van der Waals surface area (Å²) < 4.78 is 13.7. The van der Waals surface area contributed by atoms with Crippen molar-refractivity contribution in [3.8, 4) is 0 Å². The number of halogens is 2. The van der Waals surface area contributed by atoms with Crippen molar-refractivity contribution in [1.29, 1.82) is 0 Å². The number of carboxylic acid groups (broad SMARTS) is 1. The first-order valence-electron chi connectivity index (χ1n) is 4.98. The van der Waals surface area contributed by atoms with Crippen LogP contribution in [0.15, 0.2) is 22.7 Å². The summed E-state index contributed by atoms with van der Waals surface area (Å²) in [6, 6.07) is 4.78. The lowest BCUT2D eigenvalue weighted by molar-refractivity contribution is -0.141. The third-order valence-corrected chi connectivity index (χ3v) is 3.55. The van der Waals surface area contributed by atoms with E-state index in [1.807, 2.05) is 0 Å². The van der Waals surface area contributed by atoms with Crippen molar-refractivity contribution in [1.82, 2.24) is 5.32 Å². The van der Waals surface area contributed by atoms with E-state index in [2.05, 4.69) is 21.2 Å². The van der Waals surface area contributed by atoms with Gasteiger partial charge in [0.05, 0.1) is 10.4 Å². The molecule has 0 bridgehead atoms. The number of rotatable bonds is 2. The molecular formula is C11H11BrFNO2. The van der Waals surface area contributed by atoms with Crippen molar-refractivity contribution in [3.05, 3.63) is 34.1 Å². The molecule has 1 aromatic carbocycles. The van der Waals surface area contributed by atoms with Crippen LogP contribution in [0, 0.1) is 11.7 Å². The predicted molar refractivity (Wildman–Crippen MR) is 60.8 cm³/mol. The van der Waals surface area contributed by atoms with Gasteiger partial charge >= 0.3 is 5.97 Å². The Hall–Kier alpha value is -0.940. The molecule has 0 aromatic heterocycles. The summed E-state index contributed by atoms with van der Waals surface area (Å²) in [6.07, 6.45) is 0. The van der Waals surface area contributed by atoms with E-state index < -0.39 is 11.9 Å². The van der Waals surface area contributed by atoms with Gasteiger partial charge in [0.1, 0.15) is 5.82 Å². The Kier molecular flexibility index (Phi) is 3.25. The van der Waals surface area contributed by atoms with Gasteiger partial charge in [0.15, 0.2) is 0 Å². The van der Waals surface area contributed by atoms with Crippen LogP contribution >= 0.6 is 15.9 Å². The van der Waals surface area contributed by atoms with Gasteiger partial charge < -0.3 is 10.4 Å². The second kappa shape index (κ2) is 4.51. The minimum absolute atomic E-state index is 0.153. The van der Waals surface area contributed by atoms with Crippen LogP contribution in [-0.2, 0) is 4.79 Å². The fourth-order valence-corrected chi connectivity index (χ4v) is 2.28. The molecule has 86 valence electrons. The lowest BCUT2D eigenvalue weighted by atomic mass is 9.89. The minimum atomic E-state index is -0.835. The molecule has 1 aliphatic rings. The van der Waals surface area contributed by atoms with Gasteiger partial charge in [-0.25, -0.2) is 4.39 Å². The van der Waals surface area contributed by atoms with Gasteiger partial charge in [0.25, 0.3) is 0 Å². The van der Waals surface area contributed by atoms with Crippen molar-refractivity contribution in [2.75, 3.05) is 13.1 Å². The summed E-state index contributed by atoms with van der Waals surface area (Å²) in [6.45, 7) is 1.02. The summed E-state index contributed by atoms with van der Waals surface area (Å²) in [5, 5.41) is 12.0. The van der Waals surface area contributed by atoms with Gasteiger partial charge in [0.2, 0.25) is 0 Å². The molecule has 2 rings (SSSR count). The molecular weight excluding hydrogens is 277 g/mol. The maximum atomic E-state index is 13.3. The molecule has 1 saturated heterocycles. The zero-order valence-electron chi connectivity index (χ0n) is 8.41. The molecule has 5 heteroatoms. The second-order valence-electron chi connectivity index (χ2n) is 3.88. The summed E-state index contributed by atoms with van der Waals surface area (Å²) in [7, 11) is 0. The topological polar surface area (TPSA) is 49.3 Å². The molecule has 2 unspecified atom stereocenters. The average molecular weight is 288 g/mol. The molecule has 1 heterocycles. The van der Waals surface area contributed by atoms with E-state index in [1.165, 1.54) is 6.07 Å². The number of benzene rings is 1. The largest absolute Gasteiger partial charge is 0.481 e. The van der Waals surface area contributed by atoms with E-state index in [0.717, 1.165) is 5.56 Å². The molecule has 0 saturated carbocycles. The molecule has 0 aliphatic carbocycles. The van der Waals surface area contributed by atoms with Crippen LogP contribution in [0.5, 0.6) is 0 Å². The van der Waals surface area contributed by atoms with Crippen LogP contribution in [-0.4, -0.2) is 24.2 Å². The summed E-state index contributed by atoms with van der Waals surface area (Å²) in [5.41, 5.74) is 0.734. The minimum Gasteiger partial charge on any atom is -0.481 e. The lowest BCUT2D eigenvalue weighted by Crippen LogP contribution is -2.21. The number of carbonyl (C=O) groups is 1. The van der Waals surface area contributed by atoms with Crippen LogP contribution in [0.25, 0.3) is 0 Å². The molecule has 0 spiro atoms. The highest BCUT2D eigenvalue weighted by Gasteiger charge is 2.34. The monoisotopic (exact) mass is 287 g/mol. The van der Waals surface area contributed by atoms with Gasteiger partial charge in [-0.3, -0.25) is 4.79 Å². The normalized spacial score (nSPS) is 24.6. The van der Waals surface area contributed by atoms with Gasteiger partial charge in [0, 0.05) is 19.0 Å². The van der Waals surface area contributed by atoms with Crippen molar-refractivity contribution >= 4 is 21.9 Å². The van der Waals surface area contributed by atoms with Gasteiger partial charge in [-0.1, -0.05) is 6.07 Å². The van der Waals surface area contributed by atoms with Crippen LogP contribution in [0.2, 0.25) is 0 Å². The Labute approximate surface area is 101 Å². The average Bonchev–Trinajstić information content (AvgIpc) is 2.71. The molecule has 16 heavy (non-hydrogen) atoms. The van der Waals surface area contributed by atoms with E-state index in [1.54, 1.807) is 12.1 Å². The Morgan fingerprint density at radius 3 is 2.88 bits per heavy atom. The first-order valence-corrected chi connectivity index (χ1v) is 5.77. The predicted octanol–water partition coefficient (Wildman–Crippen LogP) is 1.98. The third-order valence-electron chi connectivity index (χ3n) is 2.90. The van der Waals surface area contributed by atoms with E-state index in [-0.39, 0.29) is 11.7 Å². The molecule has 1 aliphatic heterocycles. The lowest BCUT2D eigenvalue weighted by Gasteiger charge is -2.15. The van der Waals surface area contributed by atoms with Crippen molar-refractivity contribution in [2.24, 2.45) is 5.92 Å². The standard InChI is InChI=1S/C11H11BrFNO2/c12-9-2-1-6(3-10(9)13)7-4-14-5-8(7)11(15)16/h1-3,7-8,14H,4-5H2,(H,15,16). The molecule has 2 N–H and O–H groups in total. The van der Waals surface area contributed by atoms with E-state index in [4.69, 9.17) is 5.11 Å². The fourth-order valence-electron chi connectivity index (χ4n) is 2.03. The second-order valence-corrected chi connectivity index (χ2v) is 4.74. The Morgan fingerprint density at radius 1 is 1.50 bits per heavy atom. The molecule has 2 atom stereocenters. The smallest absolute Gasteiger partial charge is 0.308 e. The highest BCUT2D eigenvalue weighted by atomic mass is 79.9. The first kappa shape index (κ1) is 11.5. The maximum Gasteiger partial charge on any atom is 0.308 e. The van der Waals surface area contributed by atoms with Crippen LogP contribution < -0.4 is 5.32 Å². The first-order chi connectivity index (χ1) is 7.59. The summed E-state index contributed by atoms with van der Waals surface area (Å²) >= 11 is 3.08. The number of hydrogen-bond donors (Lipinski definition) is 2. The van der Waals surface area contributed by atoms with E-state index in [9.17, 15) is 9.18 Å². The number of aliphatic carboxylic acids is 1. The molecule has 1 aromatic rings. The summed E-state index contributed by atoms with van der Waals surface area (Å²) in [5.74, 6) is -1.81. The zero-order chi connectivity index (χ0) is 11.7. The van der Waals surface area contributed by atoms with Gasteiger partial charge in [-0.2, -0.15) is 0 Å². The van der Waals surface area contributed by atoms with Crippen molar-refractivity contribution in [2.45, 2.75) is 5.92 Å². The van der Waals surface area contributed by atoms with Crippen molar-refractivity contribution < 1.29 is 14.3 Å². The number of carboxylic acids is 1. The molecule has 3 nitrogen and oxygen atoms in total. The molecule has 1 fully saturated rings. The summed E-state index contributed by atoms with van der Waals surface area (Å²) in [4.78, 5) is 11.0. The Balaban J connectivity index is 2.29. The Bertz CT molecular complexity index is 424. The highest BCUT2D eigenvalue weighted by Crippen LogP contribution is 2.30. The van der Waals surface area contributed by atoms with Crippen LogP contribution in [0.4, 0.5) is 4.39 Å². The van der Waals surface area contributed by atoms with Crippen LogP contribution in [0.3, 0.4) is 0 Å². The fraction of sp³-hybridized carbons (Fsp3) is 0.364. The molecule has 0 radical (unpaired) electrons. The van der Waals surface area contributed by atoms with Gasteiger partial charge in [-0.15, -0.1) is 0 Å². The van der Waals surface area contributed by atoms with E-state index >= 15 is 0 Å². The highest BCUT2D eigenvalue weighted by molar-refractivity contribution is 9.10. The maximum absolute atomic E-state index is 13.3. The van der Waals surface area contributed by atoms with E-state index in [0.29, 0.717) is 17.6 Å². The van der Waals surface area contributed by atoms with Crippen molar-refractivity contribution in [3.63, 3.8) is 0 Å². The van der Waals surface area contributed by atoms with Crippen LogP contribution in [0.1, 0.15) is 11.5 Å². The number of hydrogen-bond acceptors (Lipinski definition) is 2. The number of nitrogens with one attached hydrogen (secondary N) is 1. The Morgan fingerprint density at radius 2 is 2.25 bits per heavy atom. The van der Waals surface area contributed by atoms with Gasteiger partial charge in [-0.05, 0) is 33.6 Å². The molecule has 0 amide bonds.